The van der Waals surface area contributed by atoms with Crippen LogP contribution in [0, 0.1) is 0 Å². The Morgan fingerprint density at radius 1 is 1.27 bits per heavy atom. The summed E-state index contributed by atoms with van der Waals surface area (Å²) in [6.45, 7) is -0.780. The van der Waals surface area contributed by atoms with Crippen LogP contribution in [-0.2, 0) is 18.9 Å². The van der Waals surface area contributed by atoms with Crippen LogP contribution < -0.4 is 5.73 Å². The predicted octanol–water partition coefficient (Wildman–Crippen LogP) is -3.85. The van der Waals surface area contributed by atoms with Crippen molar-refractivity contribution in [2.75, 3.05) is 6.61 Å². The fourth-order valence-corrected chi connectivity index (χ4v) is 3.12. The molecule has 0 aliphatic carbocycles. The number of carbonyl (C=O) groups excluding carboxylic acids is 1. The summed E-state index contributed by atoms with van der Waals surface area (Å²) in [4.78, 5) is 40.7. The van der Waals surface area contributed by atoms with Crippen LogP contribution >= 0.6 is 7.75 Å². The fraction of sp³-hybridized carbons (Fsp3) is 0.778. The van der Waals surface area contributed by atoms with Crippen LogP contribution in [0.2, 0.25) is 0 Å². The number of carboxylic acid groups (broad SMARTS) is 1. The smallest absolute Gasteiger partial charge is 0.406 e. The standard InChI is InChI=1S/C9H17N2O10P/c10-5(13)1-3(9(16)17)11(22(18,19)20)8-7(15)6(14)4(2-12)21-8/h3-4,6-8,12,14-15H,1-2H2,(H2,10,13)(H,16,17)(H2,18,19,20)/t3-,4+,6+,7+,8?/m0/s1. The molecular weight excluding hydrogens is 327 g/mol. The number of hydrogen-bond donors (Lipinski definition) is 7. The molecule has 12 nitrogen and oxygen atoms in total. The maximum absolute atomic E-state index is 11.6. The lowest BCUT2D eigenvalue weighted by atomic mass is 10.1. The minimum Gasteiger partial charge on any atom is -0.480 e. The number of primary amides is 1. The van der Waals surface area contributed by atoms with Gasteiger partial charge in [-0.25, -0.2) is 4.57 Å². The quantitative estimate of drug-likeness (QED) is 0.222. The number of aliphatic hydroxyl groups is 3. The number of nitrogens with two attached hydrogens (primary N) is 1. The van der Waals surface area contributed by atoms with Gasteiger partial charge in [0, 0.05) is 0 Å². The molecule has 13 heteroatoms. The second kappa shape index (κ2) is 6.98. The Hall–Kier alpha value is -1.11. The lowest BCUT2D eigenvalue weighted by molar-refractivity contribution is -0.151. The normalized spacial score (nSPS) is 30.5. The number of hydrogen-bond acceptors (Lipinski definition) is 7. The van der Waals surface area contributed by atoms with E-state index >= 15 is 0 Å². The first-order chi connectivity index (χ1) is 10.0. The first-order valence-electron chi connectivity index (χ1n) is 5.98. The van der Waals surface area contributed by atoms with Gasteiger partial charge in [-0.05, 0) is 0 Å². The molecule has 22 heavy (non-hydrogen) atoms. The predicted molar refractivity (Wildman–Crippen MR) is 66.9 cm³/mol. The van der Waals surface area contributed by atoms with Gasteiger partial charge in [0.05, 0.1) is 13.0 Å². The molecule has 0 spiro atoms. The van der Waals surface area contributed by atoms with Gasteiger partial charge in [-0.15, -0.1) is 0 Å². The van der Waals surface area contributed by atoms with Crippen molar-refractivity contribution in [3.05, 3.63) is 0 Å². The Labute approximate surface area is 123 Å². The third-order valence-electron chi connectivity index (χ3n) is 3.08. The summed E-state index contributed by atoms with van der Waals surface area (Å²) in [5, 5.41) is 37.4. The van der Waals surface area contributed by atoms with E-state index in [1.165, 1.54) is 0 Å². The van der Waals surface area contributed by atoms with Gasteiger partial charge in [0.25, 0.3) is 0 Å². The minimum absolute atomic E-state index is 0.0519. The van der Waals surface area contributed by atoms with Crippen molar-refractivity contribution in [1.29, 1.82) is 0 Å². The van der Waals surface area contributed by atoms with Gasteiger partial charge in [0.15, 0.2) is 0 Å². The van der Waals surface area contributed by atoms with Crippen molar-refractivity contribution >= 4 is 19.6 Å². The number of carboxylic acids is 1. The monoisotopic (exact) mass is 344 g/mol. The zero-order valence-electron chi connectivity index (χ0n) is 11.1. The van der Waals surface area contributed by atoms with Crippen molar-refractivity contribution in [2.24, 2.45) is 5.73 Å². The van der Waals surface area contributed by atoms with E-state index in [2.05, 4.69) is 0 Å². The number of amides is 1. The third-order valence-corrected chi connectivity index (χ3v) is 4.19. The Morgan fingerprint density at radius 3 is 2.14 bits per heavy atom. The van der Waals surface area contributed by atoms with Crippen LogP contribution in [0.4, 0.5) is 0 Å². The van der Waals surface area contributed by atoms with Crippen molar-refractivity contribution in [2.45, 2.75) is 37.0 Å². The largest absolute Gasteiger partial charge is 0.480 e. The van der Waals surface area contributed by atoms with E-state index in [1.54, 1.807) is 0 Å². The van der Waals surface area contributed by atoms with Crippen molar-refractivity contribution in [3.63, 3.8) is 0 Å². The molecule has 0 saturated carbocycles. The van der Waals surface area contributed by atoms with E-state index < -0.39 is 63.2 Å². The summed E-state index contributed by atoms with van der Waals surface area (Å²) in [6.07, 6.45) is -7.91. The highest BCUT2D eigenvalue weighted by molar-refractivity contribution is 7.49. The Balaban J connectivity index is 3.21. The molecule has 1 rings (SSSR count). The first kappa shape index (κ1) is 18.9. The summed E-state index contributed by atoms with van der Waals surface area (Å²) in [5.41, 5.74) is 4.85. The topological polar surface area (TPSA) is 211 Å². The Morgan fingerprint density at radius 2 is 1.82 bits per heavy atom. The van der Waals surface area contributed by atoms with Crippen molar-refractivity contribution in [1.82, 2.24) is 4.67 Å². The van der Waals surface area contributed by atoms with E-state index in [0.717, 1.165) is 0 Å². The highest BCUT2D eigenvalue weighted by Crippen LogP contribution is 2.47. The maximum Gasteiger partial charge on any atom is 0.406 e. The number of carbonyl (C=O) groups is 2. The van der Waals surface area contributed by atoms with Crippen LogP contribution in [0.1, 0.15) is 6.42 Å². The molecule has 1 saturated heterocycles. The van der Waals surface area contributed by atoms with Crippen LogP contribution in [0.15, 0.2) is 0 Å². The van der Waals surface area contributed by atoms with Gasteiger partial charge in [0.2, 0.25) is 5.91 Å². The van der Waals surface area contributed by atoms with Crippen LogP contribution in [0.25, 0.3) is 0 Å². The summed E-state index contributed by atoms with van der Waals surface area (Å²) >= 11 is 0. The summed E-state index contributed by atoms with van der Waals surface area (Å²) in [6, 6.07) is -2.09. The molecule has 128 valence electrons. The Bertz CT molecular complexity index is 481. The third kappa shape index (κ3) is 4.00. The van der Waals surface area contributed by atoms with Gasteiger partial charge in [-0.3, -0.25) is 9.59 Å². The molecule has 1 fully saturated rings. The van der Waals surface area contributed by atoms with Crippen LogP contribution in [0.3, 0.4) is 0 Å². The van der Waals surface area contributed by atoms with E-state index in [-0.39, 0.29) is 4.67 Å². The zero-order valence-corrected chi connectivity index (χ0v) is 12.0. The lowest BCUT2D eigenvalue weighted by Crippen LogP contribution is -2.51. The molecule has 5 atom stereocenters. The minimum atomic E-state index is -5.33. The van der Waals surface area contributed by atoms with Crippen molar-refractivity contribution in [3.8, 4) is 0 Å². The van der Waals surface area contributed by atoms with Gasteiger partial charge >= 0.3 is 13.7 Å². The molecule has 1 unspecified atom stereocenters. The number of aliphatic hydroxyl groups excluding tert-OH is 3. The zero-order chi connectivity index (χ0) is 17.2. The van der Waals surface area contributed by atoms with Gasteiger partial charge in [-0.2, -0.15) is 4.67 Å². The second-order valence-corrected chi connectivity index (χ2v) is 6.14. The molecule has 0 aromatic rings. The number of aliphatic carboxylic acids is 1. The molecule has 1 aliphatic heterocycles. The number of nitrogens with zero attached hydrogens (tertiary/aromatic N) is 1. The highest BCUT2D eigenvalue weighted by Gasteiger charge is 2.53. The van der Waals surface area contributed by atoms with Crippen LogP contribution in [-0.4, -0.2) is 83.9 Å². The molecule has 1 amide bonds. The summed E-state index contributed by atoms with van der Waals surface area (Å²) < 4.78 is 16.4. The average Bonchev–Trinajstić information content (AvgIpc) is 2.64. The first-order valence-corrected chi connectivity index (χ1v) is 7.55. The Kier molecular flexibility index (Phi) is 6.01. The molecule has 8 N–H and O–H groups in total. The molecule has 1 aliphatic rings. The molecule has 1 heterocycles. The van der Waals surface area contributed by atoms with Crippen molar-refractivity contribution < 1.29 is 49.1 Å². The summed E-state index contributed by atoms with van der Waals surface area (Å²) in [7, 11) is -5.33. The van der Waals surface area contributed by atoms with Gasteiger partial charge in [-0.1, -0.05) is 0 Å². The second-order valence-electron chi connectivity index (χ2n) is 4.65. The highest BCUT2D eigenvalue weighted by atomic mass is 31.2. The van der Waals surface area contributed by atoms with Crippen LogP contribution in [0.5, 0.6) is 0 Å². The molecule has 0 bridgehead atoms. The molecule has 0 aromatic heterocycles. The van der Waals surface area contributed by atoms with E-state index in [9.17, 15) is 34.2 Å². The molecular formula is C9H17N2O10P. The van der Waals surface area contributed by atoms with Gasteiger partial charge in [0.1, 0.15) is 30.6 Å². The van der Waals surface area contributed by atoms with E-state index in [4.69, 9.17) is 20.7 Å². The van der Waals surface area contributed by atoms with E-state index in [0.29, 0.717) is 0 Å². The average molecular weight is 344 g/mol. The van der Waals surface area contributed by atoms with Gasteiger partial charge < -0.3 is 40.7 Å². The molecule has 0 aromatic carbocycles. The number of rotatable bonds is 7. The SMILES string of the molecule is NC(=O)C[C@@H](C(=O)O)N(C1O[C@H](CO)[C@@H](O)[C@H]1O)P(=O)(O)O. The lowest BCUT2D eigenvalue weighted by Gasteiger charge is -2.34. The summed E-state index contributed by atoms with van der Waals surface area (Å²) in [5.74, 6) is -2.95. The number of ether oxygens (including phenoxy) is 1. The maximum atomic E-state index is 11.6. The van der Waals surface area contributed by atoms with E-state index in [1.807, 2.05) is 0 Å². The molecule has 0 radical (unpaired) electrons. The fourth-order valence-electron chi connectivity index (χ4n) is 2.09.